The lowest BCUT2D eigenvalue weighted by Crippen LogP contribution is -1.69. The van der Waals surface area contributed by atoms with Crippen LogP contribution in [0.5, 0.6) is 0 Å². The minimum Gasteiger partial charge on any atom is -0.0833 e. The second-order valence-corrected chi connectivity index (χ2v) is 3.28. The van der Waals surface area contributed by atoms with E-state index in [1.54, 1.807) is 6.92 Å². The van der Waals surface area contributed by atoms with Crippen LogP contribution in [0.4, 0.5) is 0 Å². The van der Waals surface area contributed by atoms with Crippen LogP contribution in [0.15, 0.2) is 21.1 Å². The zero-order valence-corrected chi connectivity index (χ0v) is 7.44. The topological polar surface area (TPSA) is 0 Å². The second kappa shape index (κ2) is 3.54. The molecule has 8 heavy (non-hydrogen) atoms. The predicted molar refractivity (Wildman–Crippen MR) is 42.5 cm³/mol. The van der Waals surface area contributed by atoms with Crippen molar-refractivity contribution in [3.63, 3.8) is 0 Å². The standard InChI is InChI=1S/C5H5BrCl2/c1-3(6)5(8)4(2)7/h2H2,1H3/b5-3-. The Morgan fingerprint density at radius 2 is 1.88 bits per heavy atom. The molecule has 0 aliphatic rings. The zero-order valence-electron chi connectivity index (χ0n) is 4.34. The van der Waals surface area contributed by atoms with E-state index in [1.165, 1.54) is 0 Å². The van der Waals surface area contributed by atoms with Crippen molar-refractivity contribution in [3.8, 4) is 0 Å². The molecule has 0 saturated heterocycles. The Morgan fingerprint density at radius 1 is 1.50 bits per heavy atom. The van der Waals surface area contributed by atoms with Crippen molar-refractivity contribution in [1.29, 1.82) is 0 Å². The third-order valence-electron chi connectivity index (χ3n) is 0.541. The highest BCUT2D eigenvalue weighted by Gasteiger charge is 1.96. The van der Waals surface area contributed by atoms with Crippen LogP contribution in [0.3, 0.4) is 0 Å². The van der Waals surface area contributed by atoms with Gasteiger partial charge in [0.25, 0.3) is 0 Å². The molecular formula is C5H5BrCl2. The third kappa shape index (κ3) is 2.75. The van der Waals surface area contributed by atoms with Crippen molar-refractivity contribution in [3.05, 3.63) is 21.1 Å². The maximum absolute atomic E-state index is 5.55. The summed E-state index contributed by atoms with van der Waals surface area (Å²) >= 11 is 14.1. The molecule has 0 radical (unpaired) electrons. The lowest BCUT2D eigenvalue weighted by atomic mass is 10.5. The SMILES string of the molecule is C=C(Cl)/C(Cl)=C(\C)Br. The monoisotopic (exact) mass is 214 g/mol. The van der Waals surface area contributed by atoms with Crippen molar-refractivity contribution in [2.75, 3.05) is 0 Å². The first-order valence-electron chi connectivity index (χ1n) is 1.92. The van der Waals surface area contributed by atoms with Crippen molar-refractivity contribution in [2.45, 2.75) is 6.92 Å². The van der Waals surface area contributed by atoms with Gasteiger partial charge in [-0.15, -0.1) is 0 Å². The van der Waals surface area contributed by atoms with Crippen molar-refractivity contribution in [1.82, 2.24) is 0 Å². The first kappa shape index (κ1) is 8.54. The summed E-state index contributed by atoms with van der Waals surface area (Å²) in [6.07, 6.45) is 0. The summed E-state index contributed by atoms with van der Waals surface area (Å²) in [6, 6.07) is 0. The Labute approximate surface area is 67.3 Å². The highest BCUT2D eigenvalue weighted by molar-refractivity contribution is 9.11. The fraction of sp³-hybridized carbons (Fsp3) is 0.200. The summed E-state index contributed by atoms with van der Waals surface area (Å²) in [5.74, 6) is 0. The maximum Gasteiger partial charge on any atom is 0.0684 e. The lowest BCUT2D eigenvalue weighted by Gasteiger charge is -1.92. The molecule has 0 aromatic rings. The van der Waals surface area contributed by atoms with Crippen molar-refractivity contribution < 1.29 is 0 Å². The fourth-order valence-corrected chi connectivity index (χ4v) is 0.682. The molecule has 0 fully saturated rings. The Kier molecular flexibility index (Phi) is 3.78. The quantitative estimate of drug-likeness (QED) is 0.587. The minimum absolute atomic E-state index is 0.362. The number of hydrogen-bond acceptors (Lipinski definition) is 0. The zero-order chi connectivity index (χ0) is 6.73. The van der Waals surface area contributed by atoms with E-state index in [0.717, 1.165) is 4.48 Å². The number of hydrogen-bond donors (Lipinski definition) is 0. The summed E-state index contributed by atoms with van der Waals surface area (Å²) in [5, 5.41) is 0.840. The van der Waals surface area contributed by atoms with Crippen LogP contribution in [0.2, 0.25) is 0 Å². The fourth-order valence-electron chi connectivity index (χ4n) is 0.187. The average molecular weight is 216 g/mol. The molecule has 0 rings (SSSR count). The largest absolute Gasteiger partial charge is 0.0833 e. The molecule has 0 bridgehead atoms. The first-order chi connectivity index (χ1) is 3.55. The third-order valence-corrected chi connectivity index (χ3v) is 1.96. The van der Waals surface area contributed by atoms with E-state index in [4.69, 9.17) is 23.2 Å². The van der Waals surface area contributed by atoms with E-state index in [1.807, 2.05) is 0 Å². The number of halogens is 3. The van der Waals surface area contributed by atoms with Crippen LogP contribution >= 0.6 is 39.1 Å². The van der Waals surface area contributed by atoms with E-state index in [-0.39, 0.29) is 0 Å². The Balaban J connectivity index is 4.23. The van der Waals surface area contributed by atoms with E-state index in [2.05, 4.69) is 22.5 Å². The molecule has 0 heterocycles. The van der Waals surface area contributed by atoms with Crippen molar-refractivity contribution in [2.24, 2.45) is 0 Å². The lowest BCUT2D eigenvalue weighted by molar-refractivity contribution is 1.65. The van der Waals surface area contributed by atoms with Gasteiger partial charge in [0.15, 0.2) is 0 Å². The van der Waals surface area contributed by atoms with Gasteiger partial charge in [-0.25, -0.2) is 0 Å². The average Bonchev–Trinajstić information content (AvgIpc) is 1.64. The van der Waals surface area contributed by atoms with E-state index in [9.17, 15) is 0 Å². The minimum atomic E-state index is 0.362. The van der Waals surface area contributed by atoms with Gasteiger partial charge in [-0.1, -0.05) is 45.7 Å². The van der Waals surface area contributed by atoms with Gasteiger partial charge >= 0.3 is 0 Å². The molecule has 0 amide bonds. The van der Waals surface area contributed by atoms with Crippen LogP contribution < -0.4 is 0 Å². The molecule has 46 valence electrons. The highest BCUT2D eigenvalue weighted by Crippen LogP contribution is 2.23. The summed E-state index contributed by atoms with van der Waals surface area (Å²) in [5.41, 5.74) is 0. The summed E-state index contributed by atoms with van der Waals surface area (Å²) in [6.45, 7) is 5.22. The molecule has 0 nitrogen and oxygen atoms in total. The van der Waals surface area contributed by atoms with Crippen LogP contribution in [0.1, 0.15) is 6.92 Å². The van der Waals surface area contributed by atoms with Crippen LogP contribution in [0, 0.1) is 0 Å². The molecule has 0 aromatic heterocycles. The molecule has 0 aliphatic carbocycles. The smallest absolute Gasteiger partial charge is 0.0684 e. The Hall–Kier alpha value is 0.540. The Morgan fingerprint density at radius 3 is 1.88 bits per heavy atom. The van der Waals surface area contributed by atoms with Gasteiger partial charge in [-0.3, -0.25) is 0 Å². The predicted octanol–water partition coefficient (Wildman–Crippen LogP) is 3.60. The van der Waals surface area contributed by atoms with E-state index in [0.29, 0.717) is 10.1 Å². The van der Waals surface area contributed by atoms with Gasteiger partial charge in [0.1, 0.15) is 0 Å². The normalized spacial score (nSPS) is 13.0. The summed E-state index contributed by atoms with van der Waals surface area (Å²) in [7, 11) is 0. The molecule has 0 aromatic carbocycles. The van der Waals surface area contributed by atoms with Gasteiger partial charge < -0.3 is 0 Å². The van der Waals surface area contributed by atoms with Crippen LogP contribution in [-0.4, -0.2) is 0 Å². The molecule has 0 N–H and O–H groups in total. The molecule has 3 heteroatoms. The Bertz CT molecular complexity index is 133. The second-order valence-electron chi connectivity index (χ2n) is 1.25. The molecule has 0 saturated carbocycles. The molecule has 0 unspecified atom stereocenters. The molecule has 0 atom stereocenters. The summed E-state index contributed by atoms with van der Waals surface area (Å²) < 4.78 is 0.805. The van der Waals surface area contributed by atoms with Gasteiger partial charge in [-0.2, -0.15) is 0 Å². The van der Waals surface area contributed by atoms with Gasteiger partial charge in [0, 0.05) is 4.48 Å². The number of allylic oxidation sites excluding steroid dienone is 3. The van der Waals surface area contributed by atoms with Crippen LogP contribution in [0.25, 0.3) is 0 Å². The van der Waals surface area contributed by atoms with Crippen LogP contribution in [-0.2, 0) is 0 Å². The summed E-state index contributed by atoms with van der Waals surface area (Å²) in [4.78, 5) is 0. The molecule has 0 aliphatic heterocycles. The van der Waals surface area contributed by atoms with Crippen molar-refractivity contribution >= 4 is 39.1 Å². The molecular weight excluding hydrogens is 211 g/mol. The van der Waals surface area contributed by atoms with Gasteiger partial charge in [-0.05, 0) is 6.92 Å². The highest BCUT2D eigenvalue weighted by atomic mass is 79.9. The first-order valence-corrected chi connectivity index (χ1v) is 3.47. The van der Waals surface area contributed by atoms with E-state index >= 15 is 0 Å². The van der Waals surface area contributed by atoms with E-state index < -0.39 is 0 Å². The van der Waals surface area contributed by atoms with Gasteiger partial charge in [0.05, 0.1) is 10.1 Å². The number of rotatable bonds is 1. The maximum atomic E-state index is 5.55. The molecule has 0 spiro atoms. The van der Waals surface area contributed by atoms with Gasteiger partial charge in [0.2, 0.25) is 0 Å².